The van der Waals surface area contributed by atoms with Crippen molar-refractivity contribution < 1.29 is 4.42 Å². The first-order valence-electron chi connectivity index (χ1n) is 3.84. The maximum absolute atomic E-state index is 5.47. The molecule has 12 heavy (non-hydrogen) atoms. The summed E-state index contributed by atoms with van der Waals surface area (Å²) in [6.45, 7) is 2.03. The Morgan fingerprint density at radius 2 is 2.33 bits per heavy atom. The predicted molar refractivity (Wildman–Crippen MR) is 48.3 cm³/mol. The molecule has 3 heteroatoms. The fourth-order valence-corrected chi connectivity index (χ4v) is 1.32. The van der Waals surface area contributed by atoms with E-state index in [0.29, 0.717) is 0 Å². The molecule has 1 N–H and O–H groups in total. The fraction of sp³-hybridized carbons (Fsp3) is 0.222. The van der Waals surface area contributed by atoms with Gasteiger partial charge in [0, 0.05) is 24.2 Å². The van der Waals surface area contributed by atoms with Gasteiger partial charge in [0.2, 0.25) is 0 Å². The van der Waals surface area contributed by atoms with Gasteiger partial charge in [-0.05, 0) is 13.0 Å². The van der Waals surface area contributed by atoms with Crippen LogP contribution in [0, 0.1) is 6.92 Å². The van der Waals surface area contributed by atoms with Crippen LogP contribution < -0.4 is 5.32 Å². The van der Waals surface area contributed by atoms with E-state index in [-0.39, 0.29) is 0 Å². The van der Waals surface area contributed by atoms with Gasteiger partial charge in [-0.1, -0.05) is 0 Å². The number of fused-ring (bicyclic) bond motifs is 1. The quantitative estimate of drug-likeness (QED) is 0.698. The lowest BCUT2D eigenvalue weighted by atomic mass is 10.2. The molecular formula is C9H10N2O. The number of aromatic nitrogens is 1. The minimum absolute atomic E-state index is 0.818. The van der Waals surface area contributed by atoms with Gasteiger partial charge in [0.1, 0.15) is 0 Å². The van der Waals surface area contributed by atoms with Crippen LogP contribution in [-0.4, -0.2) is 12.0 Å². The zero-order chi connectivity index (χ0) is 8.55. The summed E-state index contributed by atoms with van der Waals surface area (Å²) in [6.07, 6.45) is 3.49. The molecule has 0 aliphatic carbocycles. The van der Waals surface area contributed by atoms with Crippen LogP contribution in [0.2, 0.25) is 0 Å². The van der Waals surface area contributed by atoms with Crippen molar-refractivity contribution in [2.75, 3.05) is 12.4 Å². The first kappa shape index (κ1) is 7.16. The number of rotatable bonds is 1. The first-order chi connectivity index (χ1) is 5.83. The minimum Gasteiger partial charge on any atom is -0.439 e. The number of anilines is 1. The van der Waals surface area contributed by atoms with Gasteiger partial charge in [-0.3, -0.25) is 4.98 Å². The molecule has 0 saturated carbocycles. The second-order valence-electron chi connectivity index (χ2n) is 2.68. The Balaban J connectivity index is 2.78. The van der Waals surface area contributed by atoms with Crippen molar-refractivity contribution in [3.8, 4) is 0 Å². The van der Waals surface area contributed by atoms with Crippen LogP contribution in [0.1, 0.15) is 5.56 Å². The molecule has 0 spiro atoms. The molecule has 3 nitrogen and oxygen atoms in total. The second-order valence-corrected chi connectivity index (χ2v) is 2.68. The molecule has 0 saturated heterocycles. The van der Waals surface area contributed by atoms with Crippen molar-refractivity contribution in [2.45, 2.75) is 6.92 Å². The highest BCUT2D eigenvalue weighted by Gasteiger charge is 2.07. The molecule has 0 atom stereocenters. The van der Waals surface area contributed by atoms with Crippen LogP contribution in [0.5, 0.6) is 0 Å². The maximum atomic E-state index is 5.47. The van der Waals surface area contributed by atoms with Gasteiger partial charge in [0.25, 0.3) is 0 Å². The molecular weight excluding hydrogens is 152 g/mol. The number of nitrogens with zero attached hydrogens (tertiary/aromatic N) is 1. The molecule has 0 aromatic carbocycles. The number of hydrogen-bond acceptors (Lipinski definition) is 3. The van der Waals surface area contributed by atoms with Crippen LogP contribution >= 0.6 is 0 Å². The molecule has 2 aromatic heterocycles. The average Bonchev–Trinajstić information content (AvgIpc) is 2.44. The molecule has 2 heterocycles. The third kappa shape index (κ3) is 0.863. The molecule has 2 rings (SSSR count). The fourth-order valence-electron chi connectivity index (χ4n) is 1.32. The van der Waals surface area contributed by atoms with E-state index in [4.69, 9.17) is 4.42 Å². The molecule has 2 aromatic rings. The van der Waals surface area contributed by atoms with Gasteiger partial charge < -0.3 is 9.73 Å². The SMILES string of the molecule is CNc1oc2cnccc2c1C. The minimum atomic E-state index is 0.818. The van der Waals surface area contributed by atoms with Crippen molar-refractivity contribution >= 4 is 16.9 Å². The van der Waals surface area contributed by atoms with E-state index in [0.717, 1.165) is 22.4 Å². The maximum Gasteiger partial charge on any atom is 0.196 e. The summed E-state index contributed by atoms with van der Waals surface area (Å²) in [4.78, 5) is 3.98. The molecule has 0 bridgehead atoms. The Morgan fingerprint density at radius 1 is 1.50 bits per heavy atom. The number of aryl methyl sites for hydroxylation is 1. The molecule has 0 amide bonds. The summed E-state index contributed by atoms with van der Waals surface area (Å²) >= 11 is 0. The van der Waals surface area contributed by atoms with Crippen molar-refractivity contribution in [3.05, 3.63) is 24.0 Å². The Bertz CT molecular complexity index is 406. The smallest absolute Gasteiger partial charge is 0.196 e. The number of nitrogens with one attached hydrogen (secondary N) is 1. The van der Waals surface area contributed by atoms with Gasteiger partial charge in [-0.2, -0.15) is 0 Å². The van der Waals surface area contributed by atoms with Gasteiger partial charge in [0.05, 0.1) is 6.20 Å². The van der Waals surface area contributed by atoms with E-state index in [2.05, 4.69) is 10.3 Å². The molecule has 0 radical (unpaired) electrons. The highest BCUT2D eigenvalue weighted by atomic mass is 16.3. The summed E-state index contributed by atoms with van der Waals surface area (Å²) in [6, 6.07) is 1.95. The second kappa shape index (κ2) is 2.52. The average molecular weight is 162 g/mol. The monoisotopic (exact) mass is 162 g/mol. The Morgan fingerprint density at radius 3 is 3.00 bits per heavy atom. The zero-order valence-corrected chi connectivity index (χ0v) is 7.09. The normalized spacial score (nSPS) is 10.5. The molecule has 0 fully saturated rings. The summed E-state index contributed by atoms with van der Waals surface area (Å²) < 4.78 is 5.47. The van der Waals surface area contributed by atoms with Gasteiger partial charge in [0.15, 0.2) is 11.5 Å². The van der Waals surface area contributed by atoms with Crippen LogP contribution in [0.15, 0.2) is 22.9 Å². The predicted octanol–water partition coefficient (Wildman–Crippen LogP) is 2.18. The zero-order valence-electron chi connectivity index (χ0n) is 7.09. The summed E-state index contributed by atoms with van der Waals surface area (Å²) in [5.74, 6) is 0.818. The molecule has 0 aliphatic rings. The Kier molecular flexibility index (Phi) is 1.50. The highest BCUT2D eigenvalue weighted by Crippen LogP contribution is 2.27. The Hall–Kier alpha value is -1.51. The van der Waals surface area contributed by atoms with Crippen LogP contribution in [0.3, 0.4) is 0 Å². The number of hydrogen-bond donors (Lipinski definition) is 1. The topological polar surface area (TPSA) is 38.1 Å². The summed E-state index contributed by atoms with van der Waals surface area (Å²) in [7, 11) is 1.85. The lowest BCUT2D eigenvalue weighted by Crippen LogP contribution is -1.85. The van der Waals surface area contributed by atoms with E-state index in [9.17, 15) is 0 Å². The van der Waals surface area contributed by atoms with Crippen molar-refractivity contribution in [1.82, 2.24) is 4.98 Å². The van der Waals surface area contributed by atoms with Crippen molar-refractivity contribution in [1.29, 1.82) is 0 Å². The van der Waals surface area contributed by atoms with Crippen LogP contribution in [0.4, 0.5) is 5.88 Å². The largest absolute Gasteiger partial charge is 0.439 e. The third-order valence-electron chi connectivity index (χ3n) is 1.97. The summed E-state index contributed by atoms with van der Waals surface area (Å²) in [5.41, 5.74) is 1.97. The highest BCUT2D eigenvalue weighted by molar-refractivity contribution is 5.84. The van der Waals surface area contributed by atoms with E-state index >= 15 is 0 Å². The van der Waals surface area contributed by atoms with E-state index in [1.165, 1.54) is 0 Å². The van der Waals surface area contributed by atoms with E-state index in [1.807, 2.05) is 20.0 Å². The first-order valence-corrected chi connectivity index (χ1v) is 3.84. The van der Waals surface area contributed by atoms with Gasteiger partial charge >= 0.3 is 0 Å². The van der Waals surface area contributed by atoms with Crippen LogP contribution in [-0.2, 0) is 0 Å². The molecule has 0 unspecified atom stereocenters. The van der Waals surface area contributed by atoms with Crippen molar-refractivity contribution in [2.24, 2.45) is 0 Å². The van der Waals surface area contributed by atoms with Gasteiger partial charge in [-0.15, -0.1) is 0 Å². The lowest BCUT2D eigenvalue weighted by Gasteiger charge is -1.92. The van der Waals surface area contributed by atoms with Crippen LogP contribution in [0.25, 0.3) is 11.0 Å². The van der Waals surface area contributed by atoms with Crippen molar-refractivity contribution in [3.63, 3.8) is 0 Å². The third-order valence-corrected chi connectivity index (χ3v) is 1.97. The summed E-state index contributed by atoms with van der Waals surface area (Å²) in [5, 5.41) is 4.11. The molecule has 0 aliphatic heterocycles. The van der Waals surface area contributed by atoms with E-state index < -0.39 is 0 Å². The van der Waals surface area contributed by atoms with Gasteiger partial charge in [-0.25, -0.2) is 0 Å². The Labute approximate surface area is 70.4 Å². The standard InChI is InChI=1S/C9H10N2O/c1-6-7-3-4-11-5-8(7)12-9(6)10-2/h3-5,10H,1-2H3. The molecule has 62 valence electrons. The number of pyridine rings is 1. The van der Waals surface area contributed by atoms with E-state index in [1.54, 1.807) is 12.4 Å². The lowest BCUT2D eigenvalue weighted by molar-refractivity contribution is 0.628. The number of furan rings is 1.